The van der Waals surface area contributed by atoms with Gasteiger partial charge in [0.2, 0.25) is 0 Å². The number of aliphatic hydroxyl groups is 1. The first kappa shape index (κ1) is 15.1. The number of thioether (sulfide) groups is 1. The van der Waals surface area contributed by atoms with Crippen molar-refractivity contribution in [2.24, 2.45) is 0 Å². The molecule has 0 saturated carbocycles. The Balaban J connectivity index is 2.07. The lowest BCUT2D eigenvalue weighted by molar-refractivity contribution is 0.269. The molecule has 1 aromatic heterocycles. The molecule has 0 aliphatic rings. The van der Waals surface area contributed by atoms with Crippen LogP contribution in [0.15, 0.2) is 40.1 Å². The van der Waals surface area contributed by atoms with Crippen molar-refractivity contribution in [3.05, 3.63) is 46.2 Å². The van der Waals surface area contributed by atoms with Gasteiger partial charge in [-0.05, 0) is 17.7 Å². The molecule has 0 fully saturated rings. The molecule has 2 aromatic rings. The molecule has 0 atom stereocenters. The summed E-state index contributed by atoms with van der Waals surface area (Å²) in [6.07, 6.45) is 2.08. The van der Waals surface area contributed by atoms with Crippen LogP contribution >= 0.6 is 27.7 Å². The minimum Gasteiger partial charge on any atom is -0.390 e. The van der Waals surface area contributed by atoms with E-state index in [2.05, 4.69) is 39.1 Å². The van der Waals surface area contributed by atoms with E-state index in [9.17, 15) is 5.11 Å². The Morgan fingerprint density at radius 3 is 2.75 bits per heavy atom. The number of hydrogen-bond donors (Lipinski definition) is 1. The van der Waals surface area contributed by atoms with E-state index < -0.39 is 0 Å². The van der Waals surface area contributed by atoms with Gasteiger partial charge in [-0.1, -0.05) is 39.8 Å². The Labute approximate surface area is 130 Å². The first-order chi connectivity index (χ1) is 9.74. The fourth-order valence-electron chi connectivity index (χ4n) is 1.76. The van der Waals surface area contributed by atoms with Crippen molar-refractivity contribution in [1.82, 2.24) is 9.55 Å². The molecule has 1 aromatic carbocycles. The highest BCUT2D eigenvalue weighted by atomic mass is 79.9. The average molecular weight is 352 g/mol. The Morgan fingerprint density at radius 2 is 2.10 bits per heavy atom. The molecule has 0 unspecified atom stereocenters. The smallest absolute Gasteiger partial charge is 0.168 e. The summed E-state index contributed by atoms with van der Waals surface area (Å²) in [6.45, 7) is 0.506. The van der Waals surface area contributed by atoms with Crippen LogP contribution in [0.2, 0.25) is 0 Å². The zero-order chi connectivity index (χ0) is 14.4. The number of nitriles is 1. The van der Waals surface area contributed by atoms with E-state index in [0.29, 0.717) is 13.0 Å². The molecule has 0 aliphatic heterocycles. The van der Waals surface area contributed by atoms with Gasteiger partial charge in [-0.2, -0.15) is 5.26 Å². The van der Waals surface area contributed by atoms with Crippen molar-refractivity contribution in [2.45, 2.75) is 30.5 Å². The maximum atomic E-state index is 9.29. The largest absolute Gasteiger partial charge is 0.390 e. The molecule has 1 N–H and O–H groups in total. The van der Waals surface area contributed by atoms with Crippen LogP contribution in [-0.2, 0) is 18.9 Å². The molecule has 1 heterocycles. The van der Waals surface area contributed by atoms with Gasteiger partial charge in [0.15, 0.2) is 5.16 Å². The van der Waals surface area contributed by atoms with Gasteiger partial charge in [-0.15, -0.1) is 0 Å². The average Bonchev–Trinajstić information content (AvgIpc) is 2.86. The predicted octanol–water partition coefficient (Wildman–Crippen LogP) is 3.34. The highest BCUT2D eigenvalue weighted by Crippen LogP contribution is 2.24. The summed E-state index contributed by atoms with van der Waals surface area (Å²) in [6, 6.07) is 10.3. The van der Waals surface area contributed by atoms with Crippen LogP contribution in [0.1, 0.15) is 17.7 Å². The van der Waals surface area contributed by atoms with E-state index in [-0.39, 0.29) is 6.61 Å². The van der Waals surface area contributed by atoms with Gasteiger partial charge in [0.1, 0.15) is 0 Å². The highest BCUT2D eigenvalue weighted by molar-refractivity contribution is 9.10. The number of nitrogens with zero attached hydrogens (tertiary/aromatic N) is 3. The van der Waals surface area contributed by atoms with Crippen LogP contribution in [0, 0.1) is 11.3 Å². The number of hydrogen-bond acceptors (Lipinski definition) is 4. The number of aromatic nitrogens is 2. The fourth-order valence-corrected chi connectivity index (χ4v) is 3.01. The molecule has 4 nitrogen and oxygen atoms in total. The number of aliphatic hydroxyl groups excluding tert-OH is 1. The van der Waals surface area contributed by atoms with Gasteiger partial charge in [-0.3, -0.25) is 0 Å². The second-order valence-corrected chi connectivity index (χ2v) is 6.02. The summed E-state index contributed by atoms with van der Waals surface area (Å²) in [7, 11) is 0. The van der Waals surface area contributed by atoms with Crippen molar-refractivity contribution in [2.75, 3.05) is 0 Å². The van der Waals surface area contributed by atoms with Crippen molar-refractivity contribution < 1.29 is 5.11 Å². The summed E-state index contributed by atoms with van der Waals surface area (Å²) in [5.41, 5.74) is 1.96. The summed E-state index contributed by atoms with van der Waals surface area (Å²) in [5, 5.41) is 18.8. The lowest BCUT2D eigenvalue weighted by Gasteiger charge is -2.08. The normalized spacial score (nSPS) is 10.4. The van der Waals surface area contributed by atoms with E-state index in [1.807, 2.05) is 16.7 Å². The summed E-state index contributed by atoms with van der Waals surface area (Å²) in [5.74, 6) is 0.807. The summed E-state index contributed by atoms with van der Waals surface area (Å²) < 4.78 is 2.97. The third-order valence-corrected chi connectivity index (χ3v) is 4.38. The first-order valence-corrected chi connectivity index (χ1v) is 7.92. The lowest BCUT2D eigenvalue weighted by atomic mass is 10.2. The molecule has 0 spiro atoms. The lowest BCUT2D eigenvalue weighted by Crippen LogP contribution is -2.04. The molecule has 2 rings (SSSR count). The van der Waals surface area contributed by atoms with Gasteiger partial charge >= 0.3 is 0 Å². The molecule has 0 amide bonds. The third kappa shape index (κ3) is 3.85. The Kier molecular flexibility index (Phi) is 5.65. The minimum atomic E-state index is -0.0583. The highest BCUT2D eigenvalue weighted by Gasteiger charge is 2.09. The molecule has 0 bridgehead atoms. The van der Waals surface area contributed by atoms with Crippen molar-refractivity contribution in [1.29, 1.82) is 5.26 Å². The van der Waals surface area contributed by atoms with Crippen molar-refractivity contribution in [3.63, 3.8) is 0 Å². The van der Waals surface area contributed by atoms with Crippen molar-refractivity contribution >= 4 is 27.7 Å². The fraction of sp³-hybridized carbons (Fsp3) is 0.286. The number of benzene rings is 1. The monoisotopic (exact) mass is 351 g/mol. The van der Waals surface area contributed by atoms with Gasteiger partial charge < -0.3 is 9.67 Å². The van der Waals surface area contributed by atoms with E-state index in [4.69, 9.17) is 5.26 Å². The van der Waals surface area contributed by atoms with Crippen LogP contribution in [0.4, 0.5) is 0 Å². The molecule has 104 valence electrons. The first-order valence-electron chi connectivity index (χ1n) is 6.14. The quantitative estimate of drug-likeness (QED) is 0.810. The molecule has 6 heteroatoms. The topological polar surface area (TPSA) is 61.8 Å². The Morgan fingerprint density at radius 1 is 1.35 bits per heavy atom. The minimum absolute atomic E-state index is 0.0583. The Bertz CT molecular complexity index is 604. The summed E-state index contributed by atoms with van der Waals surface area (Å²) >= 11 is 5.02. The number of rotatable bonds is 6. The second kappa shape index (κ2) is 7.48. The SMILES string of the molecule is N#CCCn1c(CO)cnc1SCc1ccc(Br)cc1. The standard InChI is InChI=1S/C14H14BrN3OS/c15-12-4-2-11(3-5-12)10-20-14-17-8-13(9-19)18(14)7-1-6-16/h2-5,8,19H,1,7,9-10H2. The van der Waals surface area contributed by atoms with E-state index in [1.54, 1.807) is 18.0 Å². The molecule has 0 radical (unpaired) electrons. The van der Waals surface area contributed by atoms with E-state index >= 15 is 0 Å². The van der Waals surface area contributed by atoms with Gasteiger partial charge in [0.25, 0.3) is 0 Å². The van der Waals surface area contributed by atoms with Crippen LogP contribution in [0.25, 0.3) is 0 Å². The maximum absolute atomic E-state index is 9.29. The van der Waals surface area contributed by atoms with Gasteiger partial charge in [0.05, 0.1) is 31.0 Å². The van der Waals surface area contributed by atoms with Crippen LogP contribution in [0.3, 0.4) is 0 Å². The predicted molar refractivity (Wildman–Crippen MR) is 82.1 cm³/mol. The molecular weight excluding hydrogens is 338 g/mol. The molecule has 0 aliphatic carbocycles. The van der Waals surface area contributed by atoms with E-state index in [0.717, 1.165) is 21.1 Å². The van der Waals surface area contributed by atoms with Gasteiger partial charge in [-0.25, -0.2) is 4.98 Å². The van der Waals surface area contributed by atoms with E-state index in [1.165, 1.54) is 5.56 Å². The maximum Gasteiger partial charge on any atom is 0.168 e. The van der Waals surface area contributed by atoms with Crippen LogP contribution in [0.5, 0.6) is 0 Å². The zero-order valence-corrected chi connectivity index (χ0v) is 13.2. The van der Waals surface area contributed by atoms with Crippen molar-refractivity contribution in [3.8, 4) is 6.07 Å². The zero-order valence-electron chi connectivity index (χ0n) is 10.8. The second-order valence-electron chi connectivity index (χ2n) is 4.17. The number of imidazole rings is 1. The molecular formula is C14H14BrN3OS. The summed E-state index contributed by atoms with van der Waals surface area (Å²) in [4.78, 5) is 4.32. The number of halogens is 1. The molecule has 0 saturated heterocycles. The third-order valence-electron chi connectivity index (χ3n) is 2.79. The molecule has 20 heavy (non-hydrogen) atoms. The van der Waals surface area contributed by atoms with Crippen LogP contribution in [-0.4, -0.2) is 14.7 Å². The van der Waals surface area contributed by atoms with Gasteiger partial charge in [0, 0.05) is 16.8 Å². The Hall–Kier alpha value is -1.29. The van der Waals surface area contributed by atoms with Crippen LogP contribution < -0.4 is 0 Å².